The Hall–Kier alpha value is -2.52. The van der Waals surface area contributed by atoms with Crippen molar-refractivity contribution in [3.05, 3.63) is 34.4 Å². The molecule has 1 rings (SSSR count). The SMILES string of the molecule is N#CCc1cc(C#N)c(C#N)cc1C(F)(F)F. The van der Waals surface area contributed by atoms with Gasteiger partial charge < -0.3 is 0 Å². The van der Waals surface area contributed by atoms with Crippen molar-refractivity contribution >= 4 is 0 Å². The fraction of sp³-hybridized carbons (Fsp3) is 0.182. The van der Waals surface area contributed by atoms with Crippen LogP contribution in [0.3, 0.4) is 0 Å². The van der Waals surface area contributed by atoms with Crippen LogP contribution in [0.25, 0.3) is 0 Å². The van der Waals surface area contributed by atoms with Crippen molar-refractivity contribution in [1.29, 1.82) is 15.8 Å². The highest BCUT2D eigenvalue weighted by Crippen LogP contribution is 2.33. The smallest absolute Gasteiger partial charge is 0.198 e. The second-order valence-corrected chi connectivity index (χ2v) is 3.11. The number of nitriles is 3. The van der Waals surface area contributed by atoms with Gasteiger partial charge in [0.25, 0.3) is 0 Å². The molecule has 0 aromatic heterocycles. The lowest BCUT2D eigenvalue weighted by Gasteiger charge is -2.11. The van der Waals surface area contributed by atoms with Crippen LogP contribution < -0.4 is 0 Å². The summed E-state index contributed by atoms with van der Waals surface area (Å²) < 4.78 is 37.9. The first kappa shape index (κ1) is 12.5. The number of alkyl halides is 3. The van der Waals surface area contributed by atoms with Gasteiger partial charge >= 0.3 is 6.18 Å². The molecule has 0 amide bonds. The highest BCUT2D eigenvalue weighted by Gasteiger charge is 2.34. The van der Waals surface area contributed by atoms with Gasteiger partial charge in [0.15, 0.2) is 0 Å². The average molecular weight is 235 g/mol. The number of hydrogen-bond donors (Lipinski definition) is 0. The van der Waals surface area contributed by atoms with Crippen LogP contribution in [-0.4, -0.2) is 0 Å². The van der Waals surface area contributed by atoms with E-state index in [0.717, 1.165) is 6.07 Å². The molecule has 0 bridgehead atoms. The summed E-state index contributed by atoms with van der Waals surface area (Å²) in [4.78, 5) is 0. The van der Waals surface area contributed by atoms with E-state index >= 15 is 0 Å². The van der Waals surface area contributed by atoms with Gasteiger partial charge in [-0.1, -0.05) is 0 Å². The zero-order chi connectivity index (χ0) is 13.1. The predicted octanol–water partition coefficient (Wildman–Crippen LogP) is 2.51. The Bertz CT molecular complexity index is 568. The van der Waals surface area contributed by atoms with E-state index in [1.165, 1.54) is 6.07 Å². The van der Waals surface area contributed by atoms with Crippen molar-refractivity contribution in [1.82, 2.24) is 0 Å². The van der Waals surface area contributed by atoms with Crippen LogP contribution in [0, 0.1) is 34.0 Å². The van der Waals surface area contributed by atoms with E-state index in [-0.39, 0.29) is 16.7 Å². The highest BCUT2D eigenvalue weighted by atomic mass is 19.4. The van der Waals surface area contributed by atoms with Gasteiger partial charge in [-0.3, -0.25) is 0 Å². The molecule has 0 aliphatic rings. The van der Waals surface area contributed by atoms with Crippen LogP contribution in [-0.2, 0) is 12.6 Å². The molecule has 3 nitrogen and oxygen atoms in total. The lowest BCUT2D eigenvalue weighted by molar-refractivity contribution is -0.138. The van der Waals surface area contributed by atoms with Crippen molar-refractivity contribution < 1.29 is 13.2 Å². The fourth-order valence-electron chi connectivity index (χ4n) is 1.32. The van der Waals surface area contributed by atoms with Gasteiger partial charge in [-0.15, -0.1) is 0 Å². The number of hydrogen-bond acceptors (Lipinski definition) is 3. The first-order valence-electron chi connectivity index (χ1n) is 4.35. The molecule has 1 aromatic carbocycles. The normalized spacial score (nSPS) is 10.1. The molecule has 1 aromatic rings. The fourth-order valence-corrected chi connectivity index (χ4v) is 1.32. The van der Waals surface area contributed by atoms with Crippen molar-refractivity contribution in [3.63, 3.8) is 0 Å². The molecule has 0 saturated carbocycles. The van der Waals surface area contributed by atoms with Crippen LogP contribution in [0.2, 0.25) is 0 Å². The predicted molar refractivity (Wildman–Crippen MR) is 50.2 cm³/mol. The maximum absolute atomic E-state index is 12.6. The lowest BCUT2D eigenvalue weighted by atomic mass is 9.97. The molecule has 0 aliphatic heterocycles. The molecule has 0 fully saturated rings. The molecule has 0 aliphatic carbocycles. The second kappa shape index (κ2) is 4.55. The number of halogens is 3. The van der Waals surface area contributed by atoms with E-state index < -0.39 is 18.2 Å². The van der Waals surface area contributed by atoms with Gasteiger partial charge in [0, 0.05) is 0 Å². The first-order chi connectivity index (χ1) is 7.93. The third-order valence-electron chi connectivity index (χ3n) is 2.06. The summed E-state index contributed by atoms with van der Waals surface area (Å²) in [7, 11) is 0. The van der Waals surface area contributed by atoms with Crippen LogP contribution in [0.5, 0.6) is 0 Å². The van der Waals surface area contributed by atoms with Gasteiger partial charge in [0.05, 0.1) is 29.2 Å². The van der Waals surface area contributed by atoms with Crippen LogP contribution in [0.4, 0.5) is 13.2 Å². The van der Waals surface area contributed by atoms with Gasteiger partial charge in [-0.25, -0.2) is 0 Å². The van der Waals surface area contributed by atoms with Crippen molar-refractivity contribution in [3.8, 4) is 18.2 Å². The van der Waals surface area contributed by atoms with E-state index in [1.807, 2.05) is 0 Å². The third-order valence-corrected chi connectivity index (χ3v) is 2.06. The van der Waals surface area contributed by atoms with Crippen LogP contribution in [0.1, 0.15) is 22.3 Å². The summed E-state index contributed by atoms with van der Waals surface area (Å²) in [5, 5.41) is 25.7. The van der Waals surface area contributed by atoms with Gasteiger partial charge in [-0.2, -0.15) is 29.0 Å². The first-order valence-corrected chi connectivity index (χ1v) is 4.35. The molecular formula is C11H4F3N3. The van der Waals surface area contributed by atoms with E-state index in [0.29, 0.717) is 6.07 Å². The Morgan fingerprint density at radius 2 is 1.53 bits per heavy atom. The van der Waals surface area contributed by atoms with Gasteiger partial charge in [0.2, 0.25) is 0 Å². The summed E-state index contributed by atoms with van der Waals surface area (Å²) in [6.07, 6.45) is -5.11. The molecule has 0 spiro atoms. The quantitative estimate of drug-likeness (QED) is 0.750. The molecular weight excluding hydrogens is 231 g/mol. The minimum Gasteiger partial charge on any atom is -0.198 e. The Kier molecular flexibility index (Phi) is 3.36. The monoisotopic (exact) mass is 235 g/mol. The summed E-state index contributed by atoms with van der Waals surface area (Å²) in [5.41, 5.74) is -1.85. The van der Waals surface area contributed by atoms with Crippen molar-refractivity contribution in [2.75, 3.05) is 0 Å². The minimum atomic E-state index is -4.65. The van der Waals surface area contributed by atoms with E-state index in [2.05, 4.69) is 0 Å². The number of benzene rings is 1. The molecule has 84 valence electrons. The van der Waals surface area contributed by atoms with E-state index in [1.54, 1.807) is 12.1 Å². The van der Waals surface area contributed by atoms with Gasteiger partial charge in [-0.05, 0) is 17.7 Å². The topological polar surface area (TPSA) is 71.4 Å². The summed E-state index contributed by atoms with van der Waals surface area (Å²) in [6.45, 7) is 0. The number of nitrogens with zero attached hydrogens (tertiary/aromatic N) is 3. The standard InChI is InChI=1S/C11H4F3N3/c12-11(13,14)10-4-9(6-17)8(5-16)3-7(10)1-2-15/h3-4H,1H2. The number of rotatable bonds is 1. The van der Waals surface area contributed by atoms with Crippen molar-refractivity contribution in [2.24, 2.45) is 0 Å². The second-order valence-electron chi connectivity index (χ2n) is 3.11. The van der Waals surface area contributed by atoms with Crippen LogP contribution >= 0.6 is 0 Å². The molecule has 0 unspecified atom stereocenters. The average Bonchev–Trinajstić information content (AvgIpc) is 2.27. The molecule has 0 N–H and O–H groups in total. The van der Waals surface area contributed by atoms with E-state index in [4.69, 9.17) is 15.8 Å². The van der Waals surface area contributed by atoms with Crippen LogP contribution in [0.15, 0.2) is 12.1 Å². The largest absolute Gasteiger partial charge is 0.416 e. The zero-order valence-electron chi connectivity index (χ0n) is 8.34. The Labute approximate surface area is 94.9 Å². The Balaban J connectivity index is 3.55. The molecule has 6 heteroatoms. The molecule has 0 heterocycles. The summed E-state index contributed by atoms with van der Waals surface area (Å²) in [5.74, 6) is 0. The zero-order valence-corrected chi connectivity index (χ0v) is 8.34. The maximum Gasteiger partial charge on any atom is 0.416 e. The highest BCUT2D eigenvalue weighted by molar-refractivity contribution is 5.51. The molecule has 0 atom stereocenters. The summed E-state index contributed by atoms with van der Waals surface area (Å²) >= 11 is 0. The van der Waals surface area contributed by atoms with Crippen molar-refractivity contribution in [2.45, 2.75) is 12.6 Å². The van der Waals surface area contributed by atoms with E-state index in [9.17, 15) is 13.2 Å². The Morgan fingerprint density at radius 3 is 1.94 bits per heavy atom. The Morgan fingerprint density at radius 1 is 1.00 bits per heavy atom. The maximum atomic E-state index is 12.6. The molecule has 0 radical (unpaired) electrons. The summed E-state index contributed by atoms with van der Waals surface area (Å²) in [6, 6.07) is 6.28. The minimum absolute atomic E-state index is 0.161. The van der Waals surface area contributed by atoms with Gasteiger partial charge in [0.1, 0.15) is 12.1 Å². The molecule has 17 heavy (non-hydrogen) atoms. The third kappa shape index (κ3) is 2.53. The molecule has 0 saturated heterocycles. The lowest BCUT2D eigenvalue weighted by Crippen LogP contribution is -2.10.